The first-order valence-electron chi connectivity index (χ1n) is 6.35. The summed E-state index contributed by atoms with van der Waals surface area (Å²) in [5, 5.41) is 2.50. The number of hydrogen-bond acceptors (Lipinski definition) is 4. The SMILES string of the molecule is CCC(CC)N(CCOC)C(=O)CNC(=O)CN.Cl. The minimum absolute atomic E-state index is 0. The van der Waals surface area contributed by atoms with E-state index in [1.165, 1.54) is 0 Å². The van der Waals surface area contributed by atoms with Crippen molar-refractivity contribution in [2.45, 2.75) is 32.7 Å². The van der Waals surface area contributed by atoms with Gasteiger partial charge >= 0.3 is 0 Å². The second-order valence-electron chi connectivity index (χ2n) is 4.03. The van der Waals surface area contributed by atoms with Gasteiger partial charge in [-0.15, -0.1) is 12.4 Å². The monoisotopic (exact) mass is 295 g/mol. The van der Waals surface area contributed by atoms with Crippen molar-refractivity contribution in [1.82, 2.24) is 10.2 Å². The van der Waals surface area contributed by atoms with Crippen molar-refractivity contribution < 1.29 is 14.3 Å². The molecule has 0 aliphatic heterocycles. The van der Waals surface area contributed by atoms with Crippen LogP contribution in [0.25, 0.3) is 0 Å². The third-order valence-corrected chi connectivity index (χ3v) is 2.86. The molecular weight excluding hydrogens is 270 g/mol. The lowest BCUT2D eigenvalue weighted by Crippen LogP contribution is -2.47. The highest BCUT2D eigenvalue weighted by molar-refractivity contribution is 5.86. The predicted molar refractivity (Wildman–Crippen MR) is 77.3 cm³/mol. The first-order chi connectivity index (χ1) is 8.60. The summed E-state index contributed by atoms with van der Waals surface area (Å²) in [5.41, 5.74) is 5.17. The van der Waals surface area contributed by atoms with Crippen LogP contribution in [-0.4, -0.2) is 56.1 Å². The van der Waals surface area contributed by atoms with Crippen LogP contribution in [0.5, 0.6) is 0 Å². The molecule has 2 amide bonds. The van der Waals surface area contributed by atoms with E-state index >= 15 is 0 Å². The second kappa shape index (κ2) is 12.2. The molecule has 3 N–H and O–H groups in total. The first kappa shape index (κ1) is 20.5. The van der Waals surface area contributed by atoms with Gasteiger partial charge in [-0.3, -0.25) is 9.59 Å². The molecule has 6 nitrogen and oxygen atoms in total. The Bertz CT molecular complexity index is 261. The van der Waals surface area contributed by atoms with Crippen molar-refractivity contribution in [2.75, 3.05) is 33.4 Å². The Kier molecular flexibility index (Phi) is 13.1. The lowest BCUT2D eigenvalue weighted by atomic mass is 10.1. The van der Waals surface area contributed by atoms with Crippen molar-refractivity contribution in [3.8, 4) is 0 Å². The van der Waals surface area contributed by atoms with Crippen LogP contribution in [0.2, 0.25) is 0 Å². The van der Waals surface area contributed by atoms with Gasteiger partial charge in [0.15, 0.2) is 0 Å². The van der Waals surface area contributed by atoms with Gasteiger partial charge in [0.1, 0.15) is 0 Å². The molecule has 0 aromatic rings. The van der Waals surface area contributed by atoms with Crippen molar-refractivity contribution in [3.05, 3.63) is 0 Å². The van der Waals surface area contributed by atoms with Crippen LogP contribution < -0.4 is 11.1 Å². The Morgan fingerprint density at radius 1 is 1.32 bits per heavy atom. The Labute approximate surface area is 121 Å². The van der Waals surface area contributed by atoms with Crippen LogP contribution in [0.3, 0.4) is 0 Å². The number of nitrogens with one attached hydrogen (secondary N) is 1. The minimum atomic E-state index is -0.320. The summed E-state index contributed by atoms with van der Waals surface area (Å²) < 4.78 is 5.01. The van der Waals surface area contributed by atoms with Crippen LogP contribution in [-0.2, 0) is 14.3 Å². The first-order valence-corrected chi connectivity index (χ1v) is 6.35. The molecule has 0 rings (SSSR count). The molecule has 0 aromatic carbocycles. The van der Waals surface area contributed by atoms with Crippen LogP contribution in [0.4, 0.5) is 0 Å². The Balaban J connectivity index is 0. The third-order valence-electron chi connectivity index (χ3n) is 2.86. The van der Waals surface area contributed by atoms with Crippen LogP contribution in [0.15, 0.2) is 0 Å². The van der Waals surface area contributed by atoms with Crippen LogP contribution in [0.1, 0.15) is 26.7 Å². The maximum absolute atomic E-state index is 12.0. The number of rotatable bonds is 9. The van der Waals surface area contributed by atoms with Crippen LogP contribution in [0, 0.1) is 0 Å². The van der Waals surface area contributed by atoms with E-state index in [0.29, 0.717) is 13.2 Å². The van der Waals surface area contributed by atoms with Gasteiger partial charge in [0, 0.05) is 19.7 Å². The van der Waals surface area contributed by atoms with E-state index in [1.54, 1.807) is 12.0 Å². The fourth-order valence-corrected chi connectivity index (χ4v) is 1.78. The fraction of sp³-hybridized carbons (Fsp3) is 0.833. The zero-order valence-corrected chi connectivity index (χ0v) is 12.8. The zero-order chi connectivity index (χ0) is 14.0. The number of hydrogen-bond donors (Lipinski definition) is 2. The summed E-state index contributed by atoms with van der Waals surface area (Å²) in [6.07, 6.45) is 1.77. The summed E-state index contributed by atoms with van der Waals surface area (Å²) >= 11 is 0. The number of amides is 2. The average Bonchev–Trinajstić information content (AvgIpc) is 2.40. The lowest BCUT2D eigenvalue weighted by molar-refractivity contribution is -0.135. The highest BCUT2D eigenvalue weighted by atomic mass is 35.5. The Morgan fingerprint density at radius 2 is 1.89 bits per heavy atom. The highest BCUT2D eigenvalue weighted by Crippen LogP contribution is 2.08. The Hall–Kier alpha value is -0.850. The van der Waals surface area contributed by atoms with Gasteiger partial charge in [0.2, 0.25) is 11.8 Å². The summed E-state index contributed by atoms with van der Waals surface area (Å²) in [4.78, 5) is 24.8. The fourth-order valence-electron chi connectivity index (χ4n) is 1.78. The highest BCUT2D eigenvalue weighted by Gasteiger charge is 2.20. The molecule has 0 fully saturated rings. The molecule has 0 unspecified atom stereocenters. The predicted octanol–water partition coefficient (Wildman–Crippen LogP) is 0.147. The molecule has 0 saturated carbocycles. The zero-order valence-electron chi connectivity index (χ0n) is 12.0. The van der Waals surface area contributed by atoms with E-state index in [2.05, 4.69) is 5.32 Å². The number of carbonyl (C=O) groups excluding carboxylic acids is 2. The molecular formula is C12H26ClN3O3. The molecule has 7 heteroatoms. The van der Waals surface area contributed by atoms with Crippen molar-refractivity contribution in [1.29, 1.82) is 0 Å². The summed E-state index contributed by atoms with van der Waals surface area (Å²) in [6, 6.07) is 0.183. The summed E-state index contributed by atoms with van der Waals surface area (Å²) in [5.74, 6) is -0.415. The van der Waals surface area contributed by atoms with E-state index in [9.17, 15) is 9.59 Å². The molecule has 0 saturated heterocycles. The Morgan fingerprint density at radius 3 is 2.32 bits per heavy atom. The van der Waals surface area contributed by atoms with Crippen molar-refractivity contribution >= 4 is 24.2 Å². The number of ether oxygens (including phenoxy) is 1. The number of methoxy groups -OCH3 is 1. The number of halogens is 1. The van der Waals surface area contributed by atoms with E-state index in [-0.39, 0.29) is 43.4 Å². The van der Waals surface area contributed by atoms with E-state index in [0.717, 1.165) is 12.8 Å². The van der Waals surface area contributed by atoms with Gasteiger partial charge in [-0.1, -0.05) is 13.8 Å². The standard InChI is InChI=1S/C12H25N3O3.ClH/c1-4-10(5-2)15(6-7-18-3)12(17)9-14-11(16)8-13;/h10H,4-9,13H2,1-3H3,(H,14,16);1H. The molecule has 19 heavy (non-hydrogen) atoms. The van der Waals surface area contributed by atoms with Gasteiger partial charge in [0.05, 0.1) is 19.7 Å². The van der Waals surface area contributed by atoms with Gasteiger partial charge in [-0.2, -0.15) is 0 Å². The van der Waals surface area contributed by atoms with E-state index in [4.69, 9.17) is 10.5 Å². The third kappa shape index (κ3) is 8.02. The molecule has 0 aromatic heterocycles. The lowest BCUT2D eigenvalue weighted by Gasteiger charge is -2.30. The summed E-state index contributed by atoms with van der Waals surface area (Å²) in [7, 11) is 1.60. The van der Waals surface area contributed by atoms with Crippen molar-refractivity contribution in [2.24, 2.45) is 5.73 Å². The van der Waals surface area contributed by atoms with Gasteiger partial charge in [0.25, 0.3) is 0 Å². The molecule has 114 valence electrons. The maximum atomic E-state index is 12.0. The van der Waals surface area contributed by atoms with Gasteiger partial charge in [-0.25, -0.2) is 0 Å². The molecule has 0 radical (unpaired) electrons. The maximum Gasteiger partial charge on any atom is 0.242 e. The molecule has 0 aliphatic carbocycles. The topological polar surface area (TPSA) is 84.7 Å². The van der Waals surface area contributed by atoms with E-state index in [1.807, 2.05) is 13.8 Å². The molecule has 0 aliphatic rings. The summed E-state index contributed by atoms with van der Waals surface area (Å²) in [6.45, 7) is 5.01. The average molecular weight is 296 g/mol. The smallest absolute Gasteiger partial charge is 0.242 e. The largest absolute Gasteiger partial charge is 0.383 e. The van der Waals surface area contributed by atoms with Gasteiger partial charge in [-0.05, 0) is 12.8 Å². The second-order valence-corrected chi connectivity index (χ2v) is 4.03. The minimum Gasteiger partial charge on any atom is -0.383 e. The van der Waals surface area contributed by atoms with Crippen molar-refractivity contribution in [3.63, 3.8) is 0 Å². The van der Waals surface area contributed by atoms with E-state index < -0.39 is 0 Å². The van der Waals surface area contributed by atoms with Gasteiger partial charge < -0.3 is 20.7 Å². The molecule has 0 spiro atoms. The molecule has 0 heterocycles. The number of nitrogens with two attached hydrogens (primary N) is 1. The normalized spacial score (nSPS) is 9.95. The number of nitrogens with zero attached hydrogens (tertiary/aromatic N) is 1. The van der Waals surface area contributed by atoms with Crippen LogP contribution >= 0.6 is 12.4 Å². The molecule has 0 bridgehead atoms. The molecule has 0 atom stereocenters. The quantitative estimate of drug-likeness (QED) is 0.634. The number of carbonyl (C=O) groups is 2.